The lowest BCUT2D eigenvalue weighted by atomic mass is 9.94. The predicted molar refractivity (Wildman–Crippen MR) is 93.4 cm³/mol. The topological polar surface area (TPSA) is 92.8 Å². The molecule has 1 amide bonds. The van der Waals surface area contributed by atoms with Gasteiger partial charge in [-0.15, -0.1) is 10.2 Å². The van der Waals surface area contributed by atoms with Gasteiger partial charge in [-0.1, -0.05) is 41.6 Å². The van der Waals surface area contributed by atoms with Gasteiger partial charge in [-0.3, -0.25) is 4.79 Å². The van der Waals surface area contributed by atoms with Gasteiger partial charge >= 0.3 is 0 Å². The van der Waals surface area contributed by atoms with Crippen molar-refractivity contribution >= 4 is 11.6 Å². The summed E-state index contributed by atoms with van der Waals surface area (Å²) in [5, 5.41) is 16.9. The van der Waals surface area contributed by atoms with Crippen molar-refractivity contribution in [2.75, 3.05) is 12.4 Å². The van der Waals surface area contributed by atoms with E-state index in [9.17, 15) is 4.79 Å². The van der Waals surface area contributed by atoms with Crippen LogP contribution in [0.3, 0.4) is 0 Å². The van der Waals surface area contributed by atoms with Gasteiger partial charge < -0.3 is 10.1 Å². The fraction of sp³-hybridized carbons (Fsp3) is 0.222. The molecule has 1 heterocycles. The van der Waals surface area contributed by atoms with E-state index in [1.54, 1.807) is 19.2 Å². The Morgan fingerprint density at radius 1 is 1.20 bits per heavy atom. The Balaban J connectivity index is 1.87. The second-order valence-electron chi connectivity index (χ2n) is 5.64. The molecule has 0 aliphatic rings. The third kappa shape index (κ3) is 3.82. The molecule has 1 aromatic heterocycles. The molecule has 0 fully saturated rings. The zero-order valence-corrected chi connectivity index (χ0v) is 14.1. The molecule has 0 saturated heterocycles. The smallest absolute Gasteiger partial charge is 0.235 e. The first-order valence-electron chi connectivity index (χ1n) is 7.90. The molecule has 3 aromatic rings. The third-order valence-electron chi connectivity index (χ3n) is 4.04. The average Bonchev–Trinajstić information content (AvgIpc) is 3.15. The van der Waals surface area contributed by atoms with Crippen molar-refractivity contribution in [1.29, 1.82) is 0 Å². The summed E-state index contributed by atoms with van der Waals surface area (Å²) in [6.45, 7) is 2.01. The monoisotopic (exact) mass is 337 g/mol. The van der Waals surface area contributed by atoms with E-state index in [0.29, 0.717) is 23.7 Å². The minimum atomic E-state index is -0.565. The van der Waals surface area contributed by atoms with Crippen molar-refractivity contribution in [3.8, 4) is 5.75 Å². The van der Waals surface area contributed by atoms with Crippen molar-refractivity contribution in [3.05, 3.63) is 65.5 Å². The van der Waals surface area contributed by atoms with Crippen molar-refractivity contribution in [3.63, 3.8) is 0 Å². The van der Waals surface area contributed by atoms with Crippen LogP contribution in [0.15, 0.2) is 48.5 Å². The molecule has 0 aliphatic carbocycles. The number of amides is 1. The number of aromatic amines is 1. The number of hydrogen-bond acceptors (Lipinski definition) is 5. The Kier molecular flexibility index (Phi) is 5.03. The van der Waals surface area contributed by atoms with Gasteiger partial charge in [0.15, 0.2) is 5.82 Å². The van der Waals surface area contributed by atoms with E-state index in [1.165, 1.54) is 0 Å². The van der Waals surface area contributed by atoms with Crippen LogP contribution in [0.25, 0.3) is 0 Å². The first kappa shape index (κ1) is 16.6. The van der Waals surface area contributed by atoms with Crippen molar-refractivity contribution < 1.29 is 9.53 Å². The number of para-hydroxylation sites is 2. The van der Waals surface area contributed by atoms with Crippen LogP contribution < -0.4 is 10.1 Å². The van der Waals surface area contributed by atoms with Gasteiger partial charge in [0.2, 0.25) is 5.91 Å². The van der Waals surface area contributed by atoms with Crippen LogP contribution in [0.4, 0.5) is 5.69 Å². The van der Waals surface area contributed by atoms with Crippen LogP contribution in [0, 0.1) is 6.92 Å². The highest BCUT2D eigenvalue weighted by Gasteiger charge is 2.26. The molecule has 2 aromatic carbocycles. The number of anilines is 1. The highest BCUT2D eigenvalue weighted by atomic mass is 16.5. The van der Waals surface area contributed by atoms with Crippen LogP contribution >= 0.6 is 0 Å². The number of carbonyl (C=O) groups excluding carboxylic acids is 1. The lowest BCUT2D eigenvalue weighted by Gasteiger charge is -2.16. The van der Waals surface area contributed by atoms with Crippen molar-refractivity contribution in [2.45, 2.75) is 19.3 Å². The summed E-state index contributed by atoms with van der Waals surface area (Å²) in [6.07, 6.45) is 0.479. The number of tetrazole rings is 1. The second kappa shape index (κ2) is 7.57. The Bertz CT molecular complexity index is 848. The van der Waals surface area contributed by atoms with Gasteiger partial charge in [0.1, 0.15) is 11.7 Å². The summed E-state index contributed by atoms with van der Waals surface area (Å²) < 4.78 is 5.29. The van der Waals surface area contributed by atoms with Gasteiger partial charge in [-0.05, 0) is 36.6 Å². The zero-order chi connectivity index (χ0) is 17.6. The Morgan fingerprint density at radius 2 is 1.96 bits per heavy atom. The van der Waals surface area contributed by atoms with Gasteiger partial charge in [0.25, 0.3) is 0 Å². The summed E-state index contributed by atoms with van der Waals surface area (Å²) in [4.78, 5) is 12.9. The molecule has 0 aliphatic heterocycles. The summed E-state index contributed by atoms with van der Waals surface area (Å²) in [5.74, 6) is 0.174. The van der Waals surface area contributed by atoms with Crippen LogP contribution in [0.5, 0.6) is 5.75 Å². The predicted octanol–water partition coefficient (Wildman–Crippen LogP) is 2.48. The van der Waals surface area contributed by atoms with Gasteiger partial charge in [0, 0.05) is 0 Å². The van der Waals surface area contributed by atoms with E-state index in [2.05, 4.69) is 25.9 Å². The highest BCUT2D eigenvalue weighted by molar-refractivity contribution is 5.96. The van der Waals surface area contributed by atoms with E-state index in [-0.39, 0.29) is 5.91 Å². The first-order chi connectivity index (χ1) is 12.2. The second-order valence-corrected chi connectivity index (χ2v) is 5.64. The molecule has 7 heteroatoms. The van der Waals surface area contributed by atoms with E-state index in [4.69, 9.17) is 4.74 Å². The standard InChI is InChI=1S/C18H19N5O2/c1-12-7-3-4-8-13(12)11-14(17-20-22-23-21-17)18(24)19-15-9-5-6-10-16(15)25-2/h3-10,14H,11H2,1-2H3,(H,19,24)(H,20,21,22,23). The van der Waals surface area contributed by atoms with Crippen LogP contribution in [-0.4, -0.2) is 33.6 Å². The molecule has 1 unspecified atom stereocenters. The van der Waals surface area contributed by atoms with Crippen LogP contribution in [0.2, 0.25) is 0 Å². The molecule has 0 radical (unpaired) electrons. The molecule has 7 nitrogen and oxygen atoms in total. The first-order valence-corrected chi connectivity index (χ1v) is 7.90. The number of nitrogens with one attached hydrogen (secondary N) is 2. The van der Waals surface area contributed by atoms with Gasteiger partial charge in [0.05, 0.1) is 12.8 Å². The average molecular weight is 337 g/mol. The number of ether oxygens (including phenoxy) is 1. The molecule has 2 N–H and O–H groups in total. The van der Waals surface area contributed by atoms with Gasteiger partial charge in [-0.2, -0.15) is 5.21 Å². The number of carbonyl (C=O) groups is 1. The third-order valence-corrected chi connectivity index (χ3v) is 4.04. The molecule has 3 rings (SSSR count). The van der Waals surface area contributed by atoms with Crippen LogP contribution in [0.1, 0.15) is 22.9 Å². The molecule has 0 spiro atoms. The molecular formula is C18H19N5O2. The normalized spacial score (nSPS) is 11.8. The largest absolute Gasteiger partial charge is 0.495 e. The number of aromatic nitrogens is 4. The summed E-state index contributed by atoms with van der Waals surface area (Å²) in [7, 11) is 1.56. The number of H-pyrrole nitrogens is 1. The quantitative estimate of drug-likeness (QED) is 0.721. The fourth-order valence-corrected chi connectivity index (χ4v) is 2.65. The van der Waals surface area contributed by atoms with E-state index in [0.717, 1.165) is 11.1 Å². The van der Waals surface area contributed by atoms with Crippen LogP contribution in [-0.2, 0) is 11.2 Å². The number of hydrogen-bond donors (Lipinski definition) is 2. The number of methoxy groups -OCH3 is 1. The Hall–Kier alpha value is -3.22. The van der Waals surface area contributed by atoms with E-state index >= 15 is 0 Å². The maximum atomic E-state index is 12.9. The minimum absolute atomic E-state index is 0.214. The number of nitrogens with zero attached hydrogens (tertiary/aromatic N) is 3. The fourth-order valence-electron chi connectivity index (χ4n) is 2.65. The molecular weight excluding hydrogens is 318 g/mol. The summed E-state index contributed by atoms with van der Waals surface area (Å²) in [5.41, 5.74) is 2.78. The molecule has 0 saturated carbocycles. The Morgan fingerprint density at radius 3 is 2.68 bits per heavy atom. The molecule has 25 heavy (non-hydrogen) atoms. The molecule has 0 bridgehead atoms. The highest BCUT2D eigenvalue weighted by Crippen LogP contribution is 2.26. The number of benzene rings is 2. The molecule has 1 atom stereocenters. The molecule has 128 valence electrons. The summed E-state index contributed by atoms with van der Waals surface area (Å²) >= 11 is 0. The Labute approximate surface area is 145 Å². The zero-order valence-electron chi connectivity index (χ0n) is 14.1. The van der Waals surface area contributed by atoms with Gasteiger partial charge in [-0.25, -0.2) is 0 Å². The number of rotatable bonds is 6. The number of aryl methyl sites for hydroxylation is 1. The maximum absolute atomic E-state index is 12.9. The lowest BCUT2D eigenvalue weighted by molar-refractivity contribution is -0.117. The lowest BCUT2D eigenvalue weighted by Crippen LogP contribution is -2.24. The van der Waals surface area contributed by atoms with Crippen molar-refractivity contribution in [1.82, 2.24) is 20.6 Å². The van der Waals surface area contributed by atoms with E-state index in [1.807, 2.05) is 43.3 Å². The SMILES string of the molecule is COc1ccccc1NC(=O)C(Cc1ccccc1C)c1nn[nH]n1. The maximum Gasteiger partial charge on any atom is 0.235 e. The minimum Gasteiger partial charge on any atom is -0.495 e. The van der Waals surface area contributed by atoms with Crippen molar-refractivity contribution in [2.24, 2.45) is 0 Å². The summed E-state index contributed by atoms with van der Waals surface area (Å²) in [6, 6.07) is 15.2. The van der Waals surface area contributed by atoms with E-state index < -0.39 is 5.92 Å².